The van der Waals surface area contributed by atoms with Crippen molar-refractivity contribution in [1.82, 2.24) is 0 Å². The maximum Gasteiger partial charge on any atom is 0.257 e. The molecule has 0 aliphatic heterocycles. The molecule has 27 heavy (non-hydrogen) atoms. The second kappa shape index (κ2) is 7.44. The largest absolute Gasteiger partial charge is 0.504 e. The van der Waals surface area contributed by atoms with Crippen molar-refractivity contribution < 1.29 is 24.2 Å². The van der Waals surface area contributed by atoms with E-state index in [2.05, 4.69) is 5.32 Å². The number of phenolic OH excluding ortho intramolecular Hbond substituents is 2. The van der Waals surface area contributed by atoms with Crippen LogP contribution in [0.1, 0.15) is 21.7 Å². The van der Waals surface area contributed by atoms with Crippen molar-refractivity contribution in [2.45, 2.75) is 0 Å². The average Bonchev–Trinajstić information content (AvgIpc) is 3.19. The number of anilines is 1. The van der Waals surface area contributed by atoms with E-state index in [1.54, 1.807) is 30.3 Å². The van der Waals surface area contributed by atoms with Crippen LogP contribution in [0.4, 0.5) is 5.69 Å². The first-order valence-electron chi connectivity index (χ1n) is 7.76. The van der Waals surface area contributed by atoms with Crippen LogP contribution in [-0.2, 0) is 4.74 Å². The van der Waals surface area contributed by atoms with Crippen LogP contribution < -0.4 is 5.32 Å². The van der Waals surface area contributed by atoms with Crippen LogP contribution in [-0.4, -0.2) is 27.9 Å². The third-order valence-corrected chi connectivity index (χ3v) is 3.57. The molecule has 0 unspecified atom stereocenters. The van der Waals surface area contributed by atoms with Gasteiger partial charge in [-0.1, -0.05) is 6.07 Å². The first kappa shape index (κ1) is 17.7. The molecule has 1 amide bonds. The van der Waals surface area contributed by atoms with E-state index in [4.69, 9.17) is 20.0 Å². The van der Waals surface area contributed by atoms with Gasteiger partial charge in [-0.3, -0.25) is 15.6 Å². The number of rotatable bonds is 4. The van der Waals surface area contributed by atoms with Gasteiger partial charge in [-0.25, -0.2) is 0 Å². The van der Waals surface area contributed by atoms with Crippen LogP contribution in [0.3, 0.4) is 0 Å². The third-order valence-electron chi connectivity index (χ3n) is 3.57. The molecule has 0 atom stereocenters. The van der Waals surface area contributed by atoms with Crippen LogP contribution in [0.5, 0.6) is 11.5 Å². The lowest BCUT2D eigenvalue weighted by Gasteiger charge is -2.10. The lowest BCUT2D eigenvalue weighted by atomic mass is 10.1. The molecule has 0 bridgehead atoms. The van der Waals surface area contributed by atoms with Gasteiger partial charge in [-0.15, -0.1) is 0 Å². The number of ether oxygens (including phenoxy) is 1. The zero-order chi connectivity index (χ0) is 19.4. The van der Waals surface area contributed by atoms with Crippen LogP contribution >= 0.6 is 0 Å². The molecule has 3 rings (SSSR count). The summed E-state index contributed by atoms with van der Waals surface area (Å²) in [5.41, 5.74) is 0.891. The maximum atomic E-state index is 12.3. The van der Waals surface area contributed by atoms with Crippen LogP contribution in [0.25, 0.3) is 0 Å². The SMILES string of the molecule is N=C(OC(=N)c1ccco1)c1cccc(NC(=O)c2ccc(O)c(O)c2)c1. The quantitative estimate of drug-likeness (QED) is 0.274. The Morgan fingerprint density at radius 1 is 0.926 bits per heavy atom. The topological polar surface area (TPSA) is 140 Å². The van der Waals surface area contributed by atoms with E-state index < -0.39 is 11.7 Å². The Hall–Kier alpha value is -4.07. The Labute approximate surface area is 153 Å². The minimum Gasteiger partial charge on any atom is -0.504 e. The highest BCUT2D eigenvalue weighted by molar-refractivity contribution is 6.06. The number of hydrogen-bond donors (Lipinski definition) is 5. The summed E-state index contributed by atoms with van der Waals surface area (Å²) in [6.45, 7) is 0. The van der Waals surface area contributed by atoms with Crippen molar-refractivity contribution in [2.24, 2.45) is 0 Å². The van der Waals surface area contributed by atoms with Gasteiger partial charge in [0.1, 0.15) is 0 Å². The number of amides is 1. The summed E-state index contributed by atoms with van der Waals surface area (Å²) in [7, 11) is 0. The molecule has 0 saturated carbocycles. The highest BCUT2D eigenvalue weighted by Gasteiger charge is 2.13. The number of benzene rings is 2. The molecular formula is C19H15N3O5. The van der Waals surface area contributed by atoms with Gasteiger partial charge in [-0.2, -0.15) is 0 Å². The van der Waals surface area contributed by atoms with Gasteiger partial charge in [-0.05, 0) is 48.5 Å². The fraction of sp³-hybridized carbons (Fsp3) is 0. The molecule has 0 radical (unpaired) electrons. The number of carbonyl (C=O) groups excluding carboxylic acids is 1. The monoisotopic (exact) mass is 365 g/mol. The molecule has 0 aliphatic rings. The highest BCUT2D eigenvalue weighted by atomic mass is 16.5. The lowest BCUT2D eigenvalue weighted by molar-refractivity contribution is 0.102. The molecule has 2 aromatic carbocycles. The Bertz CT molecular complexity index is 1010. The minimum absolute atomic E-state index is 0.154. The molecule has 0 saturated heterocycles. The van der Waals surface area contributed by atoms with Gasteiger partial charge in [0, 0.05) is 16.8 Å². The molecule has 3 aromatic rings. The van der Waals surface area contributed by atoms with Crippen molar-refractivity contribution in [2.75, 3.05) is 5.32 Å². The van der Waals surface area contributed by atoms with Crippen molar-refractivity contribution in [3.63, 3.8) is 0 Å². The second-order valence-electron chi connectivity index (χ2n) is 5.48. The fourth-order valence-corrected chi connectivity index (χ4v) is 2.23. The summed E-state index contributed by atoms with van der Waals surface area (Å²) in [6.07, 6.45) is 1.40. The number of carbonyl (C=O) groups is 1. The molecule has 136 valence electrons. The van der Waals surface area contributed by atoms with Crippen molar-refractivity contribution >= 4 is 23.4 Å². The minimum atomic E-state index is -0.502. The zero-order valence-electron chi connectivity index (χ0n) is 13.9. The smallest absolute Gasteiger partial charge is 0.257 e. The van der Waals surface area contributed by atoms with Gasteiger partial charge in [0.25, 0.3) is 11.8 Å². The molecule has 0 fully saturated rings. The summed E-state index contributed by atoms with van der Waals surface area (Å²) in [6, 6.07) is 13.2. The standard InChI is InChI=1S/C19H15N3O5/c20-17(27-18(21)16-5-2-8-26-16)11-3-1-4-13(9-11)22-19(25)12-6-7-14(23)15(24)10-12/h1-10,20-21,23-24H,(H,22,25). The van der Waals surface area contributed by atoms with Gasteiger partial charge in [0.2, 0.25) is 5.90 Å². The molecule has 0 spiro atoms. The average molecular weight is 365 g/mol. The number of phenols is 2. The van der Waals surface area contributed by atoms with Gasteiger partial charge in [0.15, 0.2) is 17.3 Å². The summed E-state index contributed by atoms with van der Waals surface area (Å²) in [4.78, 5) is 12.3. The van der Waals surface area contributed by atoms with Gasteiger partial charge >= 0.3 is 0 Å². The lowest BCUT2D eigenvalue weighted by Crippen LogP contribution is -2.14. The van der Waals surface area contributed by atoms with E-state index >= 15 is 0 Å². The number of hydrogen-bond acceptors (Lipinski definition) is 7. The molecule has 8 nitrogen and oxygen atoms in total. The molecule has 1 heterocycles. The zero-order valence-corrected chi connectivity index (χ0v) is 13.9. The normalized spacial score (nSPS) is 10.2. The van der Waals surface area contributed by atoms with E-state index in [9.17, 15) is 15.0 Å². The van der Waals surface area contributed by atoms with Crippen molar-refractivity contribution in [1.29, 1.82) is 10.8 Å². The Kier molecular flexibility index (Phi) is 4.89. The predicted octanol–water partition coefficient (Wildman–Crippen LogP) is 3.31. The van der Waals surface area contributed by atoms with E-state index in [-0.39, 0.29) is 28.9 Å². The summed E-state index contributed by atoms with van der Waals surface area (Å²) >= 11 is 0. The number of furan rings is 1. The predicted molar refractivity (Wildman–Crippen MR) is 97.6 cm³/mol. The second-order valence-corrected chi connectivity index (χ2v) is 5.48. The molecule has 5 N–H and O–H groups in total. The first-order chi connectivity index (χ1) is 12.9. The Morgan fingerprint density at radius 3 is 2.44 bits per heavy atom. The van der Waals surface area contributed by atoms with E-state index in [0.717, 1.165) is 6.07 Å². The summed E-state index contributed by atoms with van der Waals surface area (Å²) < 4.78 is 10.2. The van der Waals surface area contributed by atoms with Crippen LogP contribution in [0.15, 0.2) is 65.3 Å². The molecule has 1 aromatic heterocycles. The first-order valence-corrected chi connectivity index (χ1v) is 7.76. The molecule has 8 heteroatoms. The maximum absolute atomic E-state index is 12.3. The summed E-state index contributed by atoms with van der Waals surface area (Å²) in [5.74, 6) is -1.62. The Morgan fingerprint density at radius 2 is 1.74 bits per heavy atom. The third kappa shape index (κ3) is 4.13. The molecule has 0 aliphatic carbocycles. The van der Waals surface area contributed by atoms with E-state index in [1.807, 2.05) is 0 Å². The molecular weight excluding hydrogens is 350 g/mol. The van der Waals surface area contributed by atoms with Crippen LogP contribution in [0, 0.1) is 10.8 Å². The van der Waals surface area contributed by atoms with Gasteiger partial charge < -0.3 is 24.7 Å². The van der Waals surface area contributed by atoms with Crippen LogP contribution in [0.2, 0.25) is 0 Å². The fourth-order valence-electron chi connectivity index (χ4n) is 2.23. The van der Waals surface area contributed by atoms with Crippen molar-refractivity contribution in [3.8, 4) is 11.5 Å². The number of nitrogens with one attached hydrogen (secondary N) is 3. The van der Waals surface area contributed by atoms with E-state index in [1.165, 1.54) is 24.5 Å². The number of aromatic hydroxyl groups is 2. The Balaban J connectivity index is 1.71. The van der Waals surface area contributed by atoms with Crippen molar-refractivity contribution in [3.05, 3.63) is 77.7 Å². The van der Waals surface area contributed by atoms with Gasteiger partial charge in [0.05, 0.1) is 6.26 Å². The summed E-state index contributed by atoms with van der Waals surface area (Å²) in [5, 5.41) is 37.2. The van der Waals surface area contributed by atoms with E-state index in [0.29, 0.717) is 11.3 Å². The highest BCUT2D eigenvalue weighted by Crippen LogP contribution is 2.25.